The molecule has 10 aromatic rings. The van der Waals surface area contributed by atoms with Crippen LogP contribution in [0.5, 0.6) is 0 Å². The largest absolute Gasteiger partial charge is 0.456 e. The van der Waals surface area contributed by atoms with Crippen molar-refractivity contribution in [2.24, 2.45) is 0 Å². The van der Waals surface area contributed by atoms with Crippen molar-refractivity contribution >= 4 is 43.7 Å². The average molecular weight is 648 g/mol. The molecule has 7 aromatic carbocycles. The lowest BCUT2D eigenvalue weighted by molar-refractivity contribution is 0.669. The first kappa shape index (κ1) is 21.9. The Morgan fingerprint density at radius 1 is 0.440 bits per heavy atom. The molecule has 0 N–H and O–H groups in total. The van der Waals surface area contributed by atoms with Gasteiger partial charge in [-0.15, -0.1) is 0 Å². The van der Waals surface area contributed by atoms with Crippen molar-refractivity contribution in [2.45, 2.75) is 0 Å². The van der Waals surface area contributed by atoms with Gasteiger partial charge in [-0.25, -0.2) is 15.0 Å². The highest BCUT2D eigenvalue weighted by Gasteiger charge is 2.17. The van der Waals surface area contributed by atoms with Crippen LogP contribution in [0.1, 0.15) is 9.60 Å². The monoisotopic (exact) mass is 647 g/mol. The van der Waals surface area contributed by atoms with Crippen LogP contribution in [0.4, 0.5) is 0 Å². The summed E-state index contributed by atoms with van der Waals surface area (Å²) in [6.07, 6.45) is 0. The molecule has 3 aromatic heterocycles. The topological polar surface area (TPSA) is 56.7 Å². The van der Waals surface area contributed by atoms with E-state index < -0.39 is 12.1 Å². The van der Waals surface area contributed by atoms with Gasteiger partial charge in [-0.3, -0.25) is 0 Å². The van der Waals surface area contributed by atoms with Gasteiger partial charge >= 0.3 is 0 Å². The van der Waals surface area contributed by atoms with Crippen molar-refractivity contribution in [1.82, 2.24) is 19.5 Å². The molecule has 10 rings (SSSR count). The van der Waals surface area contributed by atoms with Gasteiger partial charge in [-0.05, 0) is 65.6 Å². The second kappa shape index (κ2) is 11.4. The van der Waals surface area contributed by atoms with E-state index in [-0.39, 0.29) is 75.1 Å². The molecule has 0 saturated carbocycles. The lowest BCUT2D eigenvalue weighted by atomic mass is 10.0. The summed E-state index contributed by atoms with van der Waals surface area (Å²) in [7, 11) is 0. The third-order valence-corrected chi connectivity index (χ3v) is 8.92. The molecule has 0 aliphatic rings. The molecular weight excluding hydrogens is 613 g/mol. The zero-order valence-corrected chi connectivity index (χ0v) is 26.3. The molecule has 0 saturated heterocycles. The number of para-hydroxylation sites is 3. The fraction of sp³-hybridized carbons (Fsp3) is 0. The predicted molar refractivity (Wildman–Crippen MR) is 203 cm³/mol. The van der Waals surface area contributed by atoms with Crippen LogP contribution in [0.2, 0.25) is 0 Å². The Morgan fingerprint density at radius 2 is 1.04 bits per heavy atom. The SMILES string of the molecule is [2H]c1c([2H])c([2H])c2c(c1[2H])c1c([2H])c(-c3nc(-c4ccc(-c5ccccc5)cc4)nc(-c4ccc5c(c4)oc4ccccc45)n3)c([2H])c([2H])c1n2-c1ccccc1. The molecule has 234 valence electrons. The normalized spacial score (nSPS) is 13.6. The molecule has 50 heavy (non-hydrogen) atoms. The Bertz CT molecular complexity index is 3260. The van der Waals surface area contributed by atoms with Crippen LogP contribution in [0.15, 0.2) is 174 Å². The van der Waals surface area contributed by atoms with Gasteiger partial charge in [0, 0.05) is 43.9 Å². The minimum Gasteiger partial charge on any atom is -0.456 e. The molecule has 5 heteroatoms. The Hall–Kier alpha value is -6.85. The summed E-state index contributed by atoms with van der Waals surface area (Å²) in [5, 5.41) is 2.05. The van der Waals surface area contributed by atoms with Crippen LogP contribution >= 0.6 is 0 Å². The van der Waals surface area contributed by atoms with Crippen LogP contribution in [-0.4, -0.2) is 19.5 Å². The smallest absolute Gasteiger partial charge is 0.164 e. The van der Waals surface area contributed by atoms with Gasteiger partial charge in [0.05, 0.1) is 20.6 Å². The van der Waals surface area contributed by atoms with E-state index in [1.54, 1.807) is 28.8 Å². The van der Waals surface area contributed by atoms with E-state index in [2.05, 4.69) is 0 Å². The fourth-order valence-corrected chi connectivity index (χ4v) is 6.51. The minimum absolute atomic E-state index is 0.0290. The molecule has 0 amide bonds. The van der Waals surface area contributed by atoms with Crippen molar-refractivity contribution in [1.29, 1.82) is 0 Å². The Balaban J connectivity index is 1.26. The number of furan rings is 1. The fourth-order valence-electron chi connectivity index (χ4n) is 6.51. The highest BCUT2D eigenvalue weighted by molar-refractivity contribution is 6.10. The molecule has 0 spiro atoms. The molecule has 0 radical (unpaired) electrons. The molecule has 0 aliphatic heterocycles. The van der Waals surface area contributed by atoms with Gasteiger partial charge in [0.1, 0.15) is 11.2 Å². The summed E-state index contributed by atoms with van der Waals surface area (Å²) < 4.78 is 71.4. The number of aromatic nitrogens is 4. The molecule has 0 atom stereocenters. The maximum Gasteiger partial charge on any atom is 0.164 e. The van der Waals surface area contributed by atoms with Crippen LogP contribution in [0.3, 0.4) is 0 Å². The highest BCUT2D eigenvalue weighted by atomic mass is 16.3. The number of fused-ring (bicyclic) bond motifs is 6. The van der Waals surface area contributed by atoms with Crippen LogP contribution < -0.4 is 0 Å². The van der Waals surface area contributed by atoms with Gasteiger partial charge < -0.3 is 8.98 Å². The zero-order chi connectivity index (χ0) is 39.1. The number of nitrogens with zero attached hydrogens (tertiary/aromatic N) is 4. The first-order chi connectivity index (χ1) is 27.7. The van der Waals surface area contributed by atoms with Crippen molar-refractivity contribution in [3.05, 3.63) is 170 Å². The van der Waals surface area contributed by atoms with Gasteiger partial charge in [0.25, 0.3) is 0 Å². The van der Waals surface area contributed by atoms with Crippen LogP contribution in [0, 0.1) is 0 Å². The molecule has 0 bridgehead atoms. The molecule has 3 heterocycles. The van der Waals surface area contributed by atoms with E-state index in [1.807, 2.05) is 103 Å². The number of hydrogen-bond acceptors (Lipinski definition) is 4. The molecule has 0 unspecified atom stereocenters. The third-order valence-electron chi connectivity index (χ3n) is 8.92. The molecule has 5 nitrogen and oxygen atoms in total. The van der Waals surface area contributed by atoms with E-state index in [4.69, 9.17) is 24.9 Å². The van der Waals surface area contributed by atoms with Crippen molar-refractivity contribution in [3.8, 4) is 51.0 Å². The lowest BCUT2D eigenvalue weighted by Gasteiger charge is -2.10. The second-order valence-corrected chi connectivity index (χ2v) is 11.9. The molecule has 0 fully saturated rings. The van der Waals surface area contributed by atoms with Gasteiger partial charge in [0.2, 0.25) is 0 Å². The van der Waals surface area contributed by atoms with E-state index >= 15 is 0 Å². The van der Waals surface area contributed by atoms with E-state index in [9.17, 15) is 4.11 Å². The summed E-state index contributed by atoms with van der Waals surface area (Å²) >= 11 is 0. The Labute approximate surface area is 297 Å². The van der Waals surface area contributed by atoms with Crippen LogP contribution in [-0.2, 0) is 0 Å². The minimum atomic E-state index is -0.466. The molecule has 0 aliphatic carbocycles. The van der Waals surface area contributed by atoms with Gasteiger partial charge in [-0.2, -0.15) is 0 Å². The maximum atomic E-state index is 9.72. The van der Waals surface area contributed by atoms with Gasteiger partial charge in [0.15, 0.2) is 17.5 Å². The first-order valence-corrected chi connectivity index (χ1v) is 16.1. The summed E-state index contributed by atoms with van der Waals surface area (Å²) in [6.45, 7) is 0. The van der Waals surface area contributed by atoms with E-state index in [0.29, 0.717) is 22.4 Å². The lowest BCUT2D eigenvalue weighted by Crippen LogP contribution is -2.00. The predicted octanol–water partition coefficient (Wildman–Crippen LogP) is 11.5. The van der Waals surface area contributed by atoms with Crippen molar-refractivity contribution in [3.63, 3.8) is 0 Å². The second-order valence-electron chi connectivity index (χ2n) is 11.9. The van der Waals surface area contributed by atoms with E-state index in [1.165, 1.54) is 0 Å². The van der Waals surface area contributed by atoms with Crippen molar-refractivity contribution in [2.75, 3.05) is 0 Å². The van der Waals surface area contributed by atoms with E-state index in [0.717, 1.165) is 27.5 Å². The summed E-state index contributed by atoms with van der Waals surface area (Å²) in [5.74, 6) is 0.501. The Morgan fingerprint density at radius 3 is 1.86 bits per heavy atom. The number of benzene rings is 7. The molecular formula is C45H28N4O. The summed E-state index contributed by atoms with van der Waals surface area (Å²) in [5.41, 5.74) is 5.34. The average Bonchev–Trinajstić information content (AvgIpc) is 3.82. The maximum absolute atomic E-state index is 9.72. The number of rotatable bonds is 5. The zero-order valence-electron chi connectivity index (χ0n) is 33.3. The van der Waals surface area contributed by atoms with Gasteiger partial charge in [-0.1, -0.05) is 115 Å². The summed E-state index contributed by atoms with van der Waals surface area (Å²) in [4.78, 5) is 14.6. The highest BCUT2D eigenvalue weighted by Crippen LogP contribution is 2.36. The third kappa shape index (κ3) is 4.67. The Kier molecular flexibility index (Phi) is 4.99. The quantitative estimate of drug-likeness (QED) is 0.186. The first-order valence-electron chi connectivity index (χ1n) is 19.6. The number of hydrogen-bond donors (Lipinski definition) is 0. The summed E-state index contributed by atoms with van der Waals surface area (Å²) in [6, 6.07) is 37.6. The van der Waals surface area contributed by atoms with Crippen molar-refractivity contribution < 1.29 is 14.0 Å². The standard InChI is InChI=1S/C45H28N4O/c1-3-11-29(12-4-1)30-19-21-31(22-20-30)43-46-44(48-45(47-43)33-23-25-37-36-16-8-10-18-41(36)50-42(37)28-33)32-24-26-40-38(27-32)35-15-7-9-17-39(35)49(40)34-13-5-2-6-14-34/h1-28H/i7D,9D,15D,17D,24D,26D,27D. The van der Waals surface area contributed by atoms with Crippen LogP contribution in [0.25, 0.3) is 94.7 Å².